The van der Waals surface area contributed by atoms with Gasteiger partial charge in [0.05, 0.1) is 5.36 Å². The Labute approximate surface area is 136 Å². The number of nitrogens with one attached hydrogen (secondary N) is 1. The van der Waals surface area contributed by atoms with Gasteiger partial charge in [0.1, 0.15) is 0 Å². The van der Waals surface area contributed by atoms with Gasteiger partial charge >= 0.3 is 0 Å². The fraction of sp³-hybridized carbons (Fsp3) is 0.350. The summed E-state index contributed by atoms with van der Waals surface area (Å²) in [7, 11) is 2.17. The smallest absolute Gasteiger partial charge is 0.0649 e. The van der Waals surface area contributed by atoms with Crippen LogP contribution in [0.2, 0.25) is 0 Å². The van der Waals surface area contributed by atoms with E-state index in [1.807, 2.05) is 0 Å². The maximum Gasteiger partial charge on any atom is 0.0649 e. The third-order valence-electron chi connectivity index (χ3n) is 5.51. The molecule has 1 saturated heterocycles. The Bertz CT molecular complexity index is 899. The van der Waals surface area contributed by atoms with E-state index in [9.17, 15) is 0 Å². The van der Waals surface area contributed by atoms with Crippen LogP contribution in [0.5, 0.6) is 0 Å². The molecule has 2 unspecified atom stereocenters. The summed E-state index contributed by atoms with van der Waals surface area (Å²) in [6.45, 7) is 1.93. The molecule has 0 saturated carbocycles. The van der Waals surface area contributed by atoms with E-state index >= 15 is 0 Å². The first kappa shape index (κ1) is 13.5. The minimum Gasteiger partial charge on any atom is -0.285 e. The van der Waals surface area contributed by atoms with Crippen LogP contribution >= 0.6 is 0 Å². The highest BCUT2D eigenvalue weighted by atomic mass is 15.5. The molecule has 0 bridgehead atoms. The molecule has 2 aromatic rings. The second-order valence-corrected chi connectivity index (χ2v) is 6.93. The summed E-state index contributed by atoms with van der Waals surface area (Å²) in [5, 5.41) is 4.90. The van der Waals surface area contributed by atoms with E-state index < -0.39 is 0 Å². The Kier molecular flexibility index (Phi) is 2.94. The zero-order valence-corrected chi connectivity index (χ0v) is 13.4. The second kappa shape index (κ2) is 5.02. The monoisotopic (exact) mass is 303 g/mol. The van der Waals surface area contributed by atoms with Crippen LogP contribution in [0.3, 0.4) is 0 Å². The van der Waals surface area contributed by atoms with Crippen molar-refractivity contribution in [3.63, 3.8) is 0 Å². The molecular formula is C20H21N3. The SMILES string of the molecule is CN1CC2C3=c4c(cccc4=NCCC3N1)Cc1ccccc12. The van der Waals surface area contributed by atoms with Crippen molar-refractivity contribution in [2.45, 2.75) is 24.8 Å². The quantitative estimate of drug-likeness (QED) is 0.796. The summed E-state index contributed by atoms with van der Waals surface area (Å²) in [6.07, 6.45) is 2.10. The predicted octanol–water partition coefficient (Wildman–Crippen LogP) is 1.37. The van der Waals surface area contributed by atoms with Gasteiger partial charge < -0.3 is 0 Å². The lowest BCUT2D eigenvalue weighted by Crippen LogP contribution is -2.53. The van der Waals surface area contributed by atoms with Gasteiger partial charge in [0.15, 0.2) is 0 Å². The largest absolute Gasteiger partial charge is 0.285 e. The Balaban J connectivity index is 1.91. The Morgan fingerprint density at radius 3 is 2.91 bits per heavy atom. The fourth-order valence-corrected chi connectivity index (χ4v) is 4.59. The van der Waals surface area contributed by atoms with Crippen LogP contribution in [0.4, 0.5) is 0 Å². The van der Waals surface area contributed by atoms with Crippen LogP contribution in [-0.2, 0) is 6.42 Å². The van der Waals surface area contributed by atoms with Crippen molar-refractivity contribution in [2.75, 3.05) is 20.1 Å². The molecule has 23 heavy (non-hydrogen) atoms. The van der Waals surface area contributed by atoms with Gasteiger partial charge in [0.2, 0.25) is 0 Å². The lowest BCUT2D eigenvalue weighted by atomic mass is 9.82. The van der Waals surface area contributed by atoms with E-state index in [1.54, 1.807) is 5.57 Å². The predicted molar refractivity (Wildman–Crippen MR) is 91.7 cm³/mol. The standard InChI is InChI=1S/C20H21N3/c1-23-12-16-15-7-3-2-5-13(15)11-14-6-4-8-17-19(14)20(16)18(22-23)9-10-21-17/h2-8,16,18,22H,9-12H2,1H3. The van der Waals surface area contributed by atoms with Crippen molar-refractivity contribution in [1.82, 2.24) is 10.4 Å². The molecule has 3 nitrogen and oxygen atoms in total. The molecule has 0 radical (unpaired) electrons. The molecule has 3 heteroatoms. The lowest BCUT2D eigenvalue weighted by molar-refractivity contribution is 0.182. The van der Waals surface area contributed by atoms with Crippen molar-refractivity contribution in [3.8, 4) is 0 Å². The number of benzene rings is 2. The van der Waals surface area contributed by atoms with Crippen molar-refractivity contribution < 1.29 is 0 Å². The third-order valence-corrected chi connectivity index (χ3v) is 5.51. The molecule has 0 spiro atoms. The van der Waals surface area contributed by atoms with Crippen molar-refractivity contribution in [3.05, 3.63) is 69.7 Å². The Morgan fingerprint density at radius 2 is 1.96 bits per heavy atom. The minimum absolute atomic E-state index is 0.399. The third kappa shape index (κ3) is 2.00. The van der Waals surface area contributed by atoms with E-state index in [0.29, 0.717) is 12.0 Å². The van der Waals surface area contributed by atoms with Gasteiger partial charge in [0, 0.05) is 37.3 Å². The van der Waals surface area contributed by atoms with Gasteiger partial charge in [-0.15, -0.1) is 0 Å². The molecule has 2 atom stereocenters. The summed E-state index contributed by atoms with van der Waals surface area (Å²) in [6, 6.07) is 16.0. The van der Waals surface area contributed by atoms with Crippen molar-refractivity contribution in [2.24, 2.45) is 4.99 Å². The molecule has 1 N–H and O–H groups in total. The van der Waals surface area contributed by atoms with Gasteiger partial charge in [-0.05, 0) is 41.2 Å². The summed E-state index contributed by atoms with van der Waals surface area (Å²) >= 11 is 0. The number of hydrazine groups is 1. The number of likely N-dealkylation sites (N-methyl/N-ethyl adjacent to an activating group) is 1. The van der Waals surface area contributed by atoms with Crippen LogP contribution in [-0.4, -0.2) is 31.2 Å². The Hall–Kier alpha value is -1.97. The summed E-state index contributed by atoms with van der Waals surface area (Å²) < 4.78 is 0. The number of nitrogens with zero attached hydrogens (tertiary/aromatic N) is 2. The van der Waals surface area contributed by atoms with Gasteiger partial charge in [-0.25, -0.2) is 10.4 Å². The van der Waals surface area contributed by atoms with E-state index in [4.69, 9.17) is 4.99 Å². The normalized spacial score (nSPS) is 25.7. The van der Waals surface area contributed by atoms with E-state index in [2.05, 4.69) is 59.9 Å². The first-order valence-electron chi connectivity index (χ1n) is 8.53. The van der Waals surface area contributed by atoms with Gasteiger partial charge in [-0.3, -0.25) is 4.99 Å². The molecule has 3 aliphatic rings. The zero-order valence-electron chi connectivity index (χ0n) is 13.4. The summed E-state index contributed by atoms with van der Waals surface area (Å²) in [5.74, 6) is 0.471. The van der Waals surface area contributed by atoms with Crippen LogP contribution in [0.15, 0.2) is 47.5 Å². The summed E-state index contributed by atoms with van der Waals surface area (Å²) in [4.78, 5) is 4.89. The molecule has 116 valence electrons. The van der Waals surface area contributed by atoms with Crippen LogP contribution in [0, 0.1) is 0 Å². The van der Waals surface area contributed by atoms with Crippen LogP contribution in [0.1, 0.15) is 29.0 Å². The highest BCUT2D eigenvalue weighted by Gasteiger charge is 2.35. The highest BCUT2D eigenvalue weighted by molar-refractivity contribution is 5.65. The second-order valence-electron chi connectivity index (χ2n) is 6.93. The molecular weight excluding hydrogens is 282 g/mol. The first-order valence-corrected chi connectivity index (χ1v) is 8.53. The molecule has 1 fully saturated rings. The fourth-order valence-electron chi connectivity index (χ4n) is 4.59. The average molecular weight is 303 g/mol. The summed E-state index contributed by atoms with van der Waals surface area (Å²) in [5.41, 5.74) is 9.67. The Morgan fingerprint density at radius 1 is 1.09 bits per heavy atom. The minimum atomic E-state index is 0.399. The van der Waals surface area contributed by atoms with Crippen LogP contribution < -0.4 is 16.0 Å². The lowest BCUT2D eigenvalue weighted by Gasteiger charge is -2.39. The molecule has 2 heterocycles. The van der Waals surface area contributed by atoms with Gasteiger partial charge in [-0.1, -0.05) is 36.4 Å². The van der Waals surface area contributed by atoms with E-state index in [1.165, 1.54) is 27.3 Å². The average Bonchev–Trinajstić information content (AvgIpc) is 2.82. The first-order chi connectivity index (χ1) is 11.3. The van der Waals surface area contributed by atoms with Gasteiger partial charge in [-0.2, -0.15) is 0 Å². The van der Waals surface area contributed by atoms with Crippen molar-refractivity contribution in [1.29, 1.82) is 0 Å². The number of hydrogen-bond donors (Lipinski definition) is 1. The van der Waals surface area contributed by atoms with E-state index in [0.717, 1.165) is 25.9 Å². The maximum absolute atomic E-state index is 4.89. The molecule has 0 aromatic heterocycles. The molecule has 0 amide bonds. The van der Waals surface area contributed by atoms with Crippen molar-refractivity contribution >= 4 is 5.57 Å². The number of hydrogen-bond acceptors (Lipinski definition) is 3. The topological polar surface area (TPSA) is 27.6 Å². The molecule has 2 aromatic carbocycles. The molecule has 5 rings (SSSR count). The zero-order chi connectivity index (χ0) is 15.4. The maximum atomic E-state index is 4.89. The molecule has 2 aliphatic heterocycles. The van der Waals surface area contributed by atoms with Crippen LogP contribution in [0.25, 0.3) is 5.57 Å². The number of fused-ring (bicyclic) bond motifs is 2. The van der Waals surface area contributed by atoms with Gasteiger partial charge in [0.25, 0.3) is 0 Å². The number of rotatable bonds is 0. The highest BCUT2D eigenvalue weighted by Crippen LogP contribution is 2.36. The van der Waals surface area contributed by atoms with E-state index in [-0.39, 0.29) is 0 Å². The molecule has 1 aliphatic carbocycles.